The van der Waals surface area contributed by atoms with Crippen molar-refractivity contribution in [3.05, 3.63) is 21.7 Å². The van der Waals surface area contributed by atoms with Gasteiger partial charge in [-0.3, -0.25) is 4.79 Å². The lowest BCUT2D eigenvalue weighted by atomic mass is 9.73. The zero-order valence-corrected chi connectivity index (χ0v) is 22.7. The number of hydrogen-bond acceptors (Lipinski definition) is 7. The summed E-state index contributed by atoms with van der Waals surface area (Å²) in [5, 5.41) is 24.8. The molecular formula is C27H43NO5S. The van der Waals surface area contributed by atoms with E-state index in [1.807, 2.05) is 19.2 Å². The van der Waals surface area contributed by atoms with Crippen LogP contribution < -0.4 is 0 Å². The Morgan fingerprint density at radius 3 is 2.59 bits per heavy atom. The summed E-state index contributed by atoms with van der Waals surface area (Å²) in [5.41, 5.74) is 0.879. The number of hydrogen-bond donors (Lipinski definition) is 2. The van der Waals surface area contributed by atoms with Crippen LogP contribution in [0.3, 0.4) is 0 Å². The lowest BCUT2D eigenvalue weighted by Gasteiger charge is -2.35. The number of aryl methyl sites for hydroxylation is 1. The zero-order valence-electron chi connectivity index (χ0n) is 21.8. The Morgan fingerprint density at radius 1 is 1.24 bits per heavy atom. The van der Waals surface area contributed by atoms with Gasteiger partial charge in [0.15, 0.2) is 0 Å². The van der Waals surface area contributed by atoms with E-state index in [1.54, 1.807) is 32.1 Å². The summed E-state index contributed by atoms with van der Waals surface area (Å²) in [6.45, 7) is 13.9. The number of thiazole rings is 1. The normalized spacial score (nSPS) is 38.4. The van der Waals surface area contributed by atoms with Crippen LogP contribution in [-0.2, 0) is 14.3 Å². The van der Waals surface area contributed by atoms with Crippen LogP contribution in [0.4, 0.5) is 0 Å². The highest BCUT2D eigenvalue weighted by Gasteiger charge is 2.52. The molecule has 2 fully saturated rings. The molecule has 2 N–H and O–H groups in total. The Bertz CT molecular complexity index is 880. The van der Waals surface area contributed by atoms with Crippen molar-refractivity contribution in [3.63, 3.8) is 0 Å². The molecule has 3 rings (SSSR count). The zero-order chi connectivity index (χ0) is 25.3. The maximum Gasteiger partial charge on any atom is 0.146 e. The molecular weight excluding hydrogens is 450 g/mol. The molecule has 7 heteroatoms. The fourth-order valence-corrected chi connectivity index (χ4v) is 5.76. The highest BCUT2D eigenvalue weighted by molar-refractivity contribution is 7.09. The number of epoxide rings is 1. The van der Waals surface area contributed by atoms with Gasteiger partial charge in [0.1, 0.15) is 5.78 Å². The summed E-state index contributed by atoms with van der Waals surface area (Å²) in [4.78, 5) is 17.8. The molecule has 0 aromatic carbocycles. The maximum atomic E-state index is 13.2. The Morgan fingerprint density at radius 2 is 1.94 bits per heavy atom. The van der Waals surface area contributed by atoms with E-state index in [-0.39, 0.29) is 29.5 Å². The number of Topliss-reactive ketones (excluding diaryl/α,β-unsaturated/α-hetero) is 1. The number of aliphatic hydroxyl groups excluding tert-OH is 2. The lowest BCUT2D eigenvalue weighted by molar-refractivity contribution is -0.142. The molecule has 0 saturated carbocycles. The molecule has 1 aromatic rings. The fraction of sp³-hybridized carbons (Fsp3) is 0.778. The number of carbonyl (C=O) groups excluding carboxylic acids is 1. The molecule has 0 radical (unpaired) electrons. The number of aliphatic hydroxyl groups is 2. The first-order valence-electron chi connectivity index (χ1n) is 12.7. The van der Waals surface area contributed by atoms with Gasteiger partial charge in [0.2, 0.25) is 0 Å². The van der Waals surface area contributed by atoms with Gasteiger partial charge in [-0.15, -0.1) is 11.3 Å². The molecule has 3 heterocycles. The van der Waals surface area contributed by atoms with Gasteiger partial charge in [-0.2, -0.15) is 0 Å². The molecule has 6 nitrogen and oxygen atoms in total. The van der Waals surface area contributed by atoms with Crippen LogP contribution in [0.25, 0.3) is 6.08 Å². The second-order valence-corrected chi connectivity index (χ2v) is 12.3. The van der Waals surface area contributed by atoms with Crippen molar-refractivity contribution < 1.29 is 24.5 Å². The number of fused-ring (bicyclic) bond motifs is 1. The monoisotopic (exact) mass is 493 g/mol. The van der Waals surface area contributed by atoms with Crippen molar-refractivity contribution in [2.45, 2.75) is 111 Å². The average molecular weight is 494 g/mol. The predicted octanol–water partition coefficient (Wildman–Crippen LogP) is 4.95. The van der Waals surface area contributed by atoms with Crippen LogP contribution in [0, 0.1) is 24.2 Å². The second-order valence-electron chi connectivity index (χ2n) is 11.2. The third-order valence-electron chi connectivity index (χ3n) is 8.00. The van der Waals surface area contributed by atoms with Crippen molar-refractivity contribution in [1.29, 1.82) is 0 Å². The second kappa shape index (κ2) is 10.9. The molecule has 34 heavy (non-hydrogen) atoms. The average Bonchev–Trinajstić information content (AvgIpc) is 3.22. The molecule has 192 valence electrons. The number of ether oxygens (including phenoxy) is 2. The summed E-state index contributed by atoms with van der Waals surface area (Å²) >= 11 is 1.62. The summed E-state index contributed by atoms with van der Waals surface area (Å²) in [6.07, 6.45) is 4.23. The Hall–Kier alpha value is -1.12. The number of nitrogens with zero attached hydrogens (tertiary/aromatic N) is 1. The van der Waals surface area contributed by atoms with E-state index in [0.717, 1.165) is 42.0 Å². The highest BCUT2D eigenvalue weighted by atomic mass is 32.1. The summed E-state index contributed by atoms with van der Waals surface area (Å²) in [7, 11) is 0. The van der Waals surface area contributed by atoms with Crippen LogP contribution in [0.5, 0.6) is 0 Å². The largest absolute Gasteiger partial charge is 0.392 e. The predicted molar refractivity (Wildman–Crippen MR) is 136 cm³/mol. The molecule has 0 amide bonds. The SMILES string of the molecule is C/C(=C\c1csc(C)n1)[C@H]1C[C@@H]2O[C@]2(C)CCC[C@@H](C)[C@@H](O)[C@H](C)C(=O)C(C)(C)[C@H](O)CCO1. The van der Waals surface area contributed by atoms with Gasteiger partial charge in [-0.1, -0.05) is 34.1 Å². The minimum atomic E-state index is -0.961. The number of rotatable bonds is 2. The van der Waals surface area contributed by atoms with E-state index < -0.39 is 23.5 Å². The molecule has 0 spiro atoms. The number of aromatic nitrogens is 1. The molecule has 0 unspecified atom stereocenters. The van der Waals surface area contributed by atoms with Gasteiger partial charge in [0.25, 0.3) is 0 Å². The molecule has 1 aromatic heterocycles. The minimum Gasteiger partial charge on any atom is -0.392 e. The Kier molecular flexibility index (Phi) is 8.78. The summed E-state index contributed by atoms with van der Waals surface area (Å²) < 4.78 is 12.4. The fourth-order valence-electron chi connectivity index (χ4n) is 5.19. The van der Waals surface area contributed by atoms with E-state index in [2.05, 4.69) is 24.9 Å². The van der Waals surface area contributed by atoms with Gasteiger partial charge in [0.05, 0.1) is 40.7 Å². The van der Waals surface area contributed by atoms with Crippen molar-refractivity contribution >= 4 is 23.2 Å². The quantitative estimate of drug-likeness (QED) is 0.566. The molecule has 0 bridgehead atoms. The summed E-state index contributed by atoms with van der Waals surface area (Å²) in [6, 6.07) is 0. The van der Waals surface area contributed by atoms with Gasteiger partial charge >= 0.3 is 0 Å². The van der Waals surface area contributed by atoms with Gasteiger partial charge in [-0.25, -0.2) is 4.98 Å². The Labute approximate surface area is 208 Å². The third-order valence-corrected chi connectivity index (χ3v) is 8.80. The van der Waals surface area contributed by atoms with Crippen LogP contribution in [-0.4, -0.2) is 57.6 Å². The number of carbonyl (C=O) groups is 1. The van der Waals surface area contributed by atoms with Crippen molar-refractivity contribution in [3.8, 4) is 0 Å². The molecule has 7 atom stereocenters. The first-order chi connectivity index (χ1) is 15.8. The standard InChI is InChI=1S/C27H43NO5S/c1-16-9-8-11-27(7)23(33-27)14-21(17(2)13-20-15-34-19(4)28-20)32-12-10-22(29)26(5,6)25(31)18(3)24(16)30/h13,15-16,18,21-24,29-30H,8-12,14H2,1-7H3/b17-13+/t16-,18+,21-,22-,23+,24-,27-/m1/s1. The molecule has 2 aliphatic rings. The lowest BCUT2D eigenvalue weighted by Crippen LogP contribution is -2.45. The minimum absolute atomic E-state index is 0.00317. The van der Waals surface area contributed by atoms with E-state index >= 15 is 0 Å². The van der Waals surface area contributed by atoms with Gasteiger partial charge in [-0.05, 0) is 57.6 Å². The van der Waals surface area contributed by atoms with Crippen molar-refractivity contribution in [2.24, 2.45) is 17.3 Å². The van der Waals surface area contributed by atoms with E-state index in [4.69, 9.17) is 9.47 Å². The van der Waals surface area contributed by atoms with E-state index in [0.29, 0.717) is 13.0 Å². The molecule has 2 saturated heterocycles. The summed E-state index contributed by atoms with van der Waals surface area (Å²) in [5.74, 6) is -0.632. The topological polar surface area (TPSA) is 92.2 Å². The maximum absolute atomic E-state index is 13.2. The van der Waals surface area contributed by atoms with Gasteiger partial charge < -0.3 is 19.7 Å². The first-order valence-corrected chi connectivity index (χ1v) is 13.5. The van der Waals surface area contributed by atoms with E-state index in [9.17, 15) is 15.0 Å². The van der Waals surface area contributed by atoms with Crippen LogP contribution in [0.15, 0.2) is 11.0 Å². The van der Waals surface area contributed by atoms with Crippen LogP contribution in [0.2, 0.25) is 0 Å². The number of ketones is 1. The van der Waals surface area contributed by atoms with Crippen molar-refractivity contribution in [1.82, 2.24) is 4.98 Å². The smallest absolute Gasteiger partial charge is 0.146 e. The highest BCUT2D eigenvalue weighted by Crippen LogP contribution is 2.45. The molecule has 2 aliphatic heterocycles. The van der Waals surface area contributed by atoms with E-state index in [1.165, 1.54) is 0 Å². The Balaban J connectivity index is 1.79. The third kappa shape index (κ3) is 6.35. The van der Waals surface area contributed by atoms with Crippen LogP contribution >= 0.6 is 11.3 Å². The van der Waals surface area contributed by atoms with Crippen LogP contribution in [0.1, 0.15) is 84.3 Å². The molecule has 0 aliphatic carbocycles. The first kappa shape index (κ1) is 27.5. The van der Waals surface area contributed by atoms with Crippen molar-refractivity contribution in [2.75, 3.05) is 6.61 Å². The van der Waals surface area contributed by atoms with Gasteiger partial charge in [0, 0.05) is 29.7 Å².